The van der Waals surface area contributed by atoms with Crippen LogP contribution in [0.5, 0.6) is 0 Å². The molecule has 0 saturated heterocycles. The number of hydrogen-bond acceptors (Lipinski definition) is 1. The lowest BCUT2D eigenvalue weighted by atomic mass is 9.65. The lowest BCUT2D eigenvalue weighted by Crippen LogP contribution is -2.35. The molecule has 2 aliphatic rings. The molecule has 5 heteroatoms. The fraction of sp³-hybridized carbons (Fsp3) is 0.208. The summed E-state index contributed by atoms with van der Waals surface area (Å²) in [7, 11) is 0. The van der Waals surface area contributed by atoms with E-state index in [2.05, 4.69) is 57.2 Å². The summed E-state index contributed by atoms with van der Waals surface area (Å²) < 4.78 is 16.4. The van der Waals surface area contributed by atoms with Crippen molar-refractivity contribution < 1.29 is 4.39 Å². The molecule has 1 atom stereocenters. The first-order valence-electron chi connectivity index (χ1n) is 9.87. The second-order valence-corrected chi connectivity index (χ2v) is 9.21. The molecule has 2 aromatic heterocycles. The maximum atomic E-state index is 13.3. The molecule has 0 spiro atoms. The number of rotatable bonds is 1. The van der Waals surface area contributed by atoms with E-state index in [-0.39, 0.29) is 11.2 Å². The molecular formula is C24H19BrFN3. The highest BCUT2D eigenvalue weighted by Crippen LogP contribution is 2.49. The Hall–Kier alpha value is -2.66. The van der Waals surface area contributed by atoms with Gasteiger partial charge in [0.25, 0.3) is 0 Å². The Morgan fingerprint density at radius 1 is 1.14 bits per heavy atom. The van der Waals surface area contributed by atoms with Gasteiger partial charge in [-0.2, -0.15) is 5.10 Å². The lowest BCUT2D eigenvalue weighted by Gasteiger charge is -2.39. The van der Waals surface area contributed by atoms with Crippen LogP contribution in [0.2, 0.25) is 0 Å². The number of aromatic amines is 1. The van der Waals surface area contributed by atoms with Gasteiger partial charge >= 0.3 is 0 Å². The van der Waals surface area contributed by atoms with Gasteiger partial charge < -0.3 is 4.98 Å². The van der Waals surface area contributed by atoms with E-state index in [4.69, 9.17) is 0 Å². The van der Waals surface area contributed by atoms with Gasteiger partial charge in [-0.1, -0.05) is 21.5 Å². The van der Waals surface area contributed by atoms with Gasteiger partial charge in [-0.25, -0.2) is 9.07 Å². The van der Waals surface area contributed by atoms with Gasteiger partial charge in [-0.05, 0) is 85.9 Å². The third kappa shape index (κ3) is 2.43. The Balaban J connectivity index is 1.50. The molecule has 4 aromatic rings. The minimum Gasteiger partial charge on any atom is -0.357 e. The number of aryl methyl sites for hydroxylation is 1. The third-order valence-electron chi connectivity index (χ3n) is 6.59. The maximum Gasteiger partial charge on any atom is 0.123 e. The fourth-order valence-electron chi connectivity index (χ4n) is 5.10. The maximum absolute atomic E-state index is 13.3. The first-order valence-corrected chi connectivity index (χ1v) is 10.7. The Morgan fingerprint density at radius 2 is 1.97 bits per heavy atom. The molecule has 0 saturated carbocycles. The SMILES string of the molecule is CC12Cc3cnn(-c4ccc(F)cc4)c3C=C1CCc1c2[nH]c2ccc(Br)cc12. The molecule has 0 aliphatic heterocycles. The van der Waals surface area contributed by atoms with Gasteiger partial charge in [0.2, 0.25) is 0 Å². The Bertz CT molecular complexity index is 1310. The van der Waals surface area contributed by atoms with Gasteiger partial charge in [0.1, 0.15) is 5.82 Å². The van der Waals surface area contributed by atoms with Crippen LogP contribution in [-0.4, -0.2) is 14.8 Å². The predicted octanol–water partition coefficient (Wildman–Crippen LogP) is 6.10. The Morgan fingerprint density at radius 3 is 2.79 bits per heavy atom. The standard InChI is InChI=1S/C24H19BrFN3/c1-24-12-14-13-27-29(18-6-4-17(26)5-7-18)22(14)10-15(24)2-8-19-20-11-16(25)3-9-21(20)28-23(19)24/h3-7,9-11,13,28H,2,8,12H2,1H3. The number of H-pyrrole nitrogens is 1. The summed E-state index contributed by atoms with van der Waals surface area (Å²) in [5, 5.41) is 5.95. The predicted molar refractivity (Wildman–Crippen MR) is 117 cm³/mol. The quantitative estimate of drug-likeness (QED) is 0.375. The smallest absolute Gasteiger partial charge is 0.123 e. The highest BCUT2D eigenvalue weighted by molar-refractivity contribution is 9.10. The van der Waals surface area contributed by atoms with Crippen molar-refractivity contribution in [3.05, 3.63) is 87.0 Å². The number of nitrogens with one attached hydrogen (secondary N) is 1. The van der Waals surface area contributed by atoms with Crippen LogP contribution in [0, 0.1) is 5.82 Å². The number of allylic oxidation sites excluding steroid dienone is 1. The second-order valence-electron chi connectivity index (χ2n) is 8.29. The first-order chi connectivity index (χ1) is 14.0. The molecule has 0 amide bonds. The molecule has 0 bridgehead atoms. The zero-order valence-corrected chi connectivity index (χ0v) is 17.6. The highest BCUT2D eigenvalue weighted by atomic mass is 79.9. The zero-order chi connectivity index (χ0) is 19.8. The number of halogens is 2. The third-order valence-corrected chi connectivity index (χ3v) is 7.08. The number of aromatic nitrogens is 3. The number of nitrogens with zero attached hydrogens (tertiary/aromatic N) is 2. The largest absolute Gasteiger partial charge is 0.357 e. The van der Waals surface area contributed by atoms with E-state index in [1.165, 1.54) is 45.4 Å². The fourth-order valence-corrected chi connectivity index (χ4v) is 5.46. The minimum absolute atomic E-state index is 0.0528. The van der Waals surface area contributed by atoms with Crippen molar-refractivity contribution in [2.75, 3.05) is 0 Å². The van der Waals surface area contributed by atoms with E-state index in [1.807, 2.05) is 10.9 Å². The van der Waals surface area contributed by atoms with E-state index in [0.29, 0.717) is 0 Å². The number of hydrogen-bond donors (Lipinski definition) is 1. The molecule has 0 fully saturated rings. The Kier molecular flexibility index (Phi) is 3.52. The van der Waals surface area contributed by atoms with E-state index in [0.717, 1.165) is 35.1 Å². The van der Waals surface area contributed by atoms with Crippen molar-refractivity contribution >= 4 is 32.9 Å². The van der Waals surface area contributed by atoms with E-state index in [9.17, 15) is 4.39 Å². The summed E-state index contributed by atoms with van der Waals surface area (Å²) in [6.45, 7) is 2.35. The molecule has 2 heterocycles. The van der Waals surface area contributed by atoms with Gasteiger partial charge in [0.05, 0.1) is 17.6 Å². The number of benzene rings is 2. The van der Waals surface area contributed by atoms with Crippen molar-refractivity contribution in [1.82, 2.24) is 14.8 Å². The Labute approximate surface area is 176 Å². The molecular weight excluding hydrogens is 429 g/mol. The summed E-state index contributed by atoms with van der Waals surface area (Å²) in [5.41, 5.74) is 8.60. The van der Waals surface area contributed by atoms with Gasteiger partial charge in [-0.15, -0.1) is 0 Å². The molecule has 1 N–H and O–H groups in total. The summed E-state index contributed by atoms with van der Waals surface area (Å²) >= 11 is 3.62. The van der Waals surface area contributed by atoms with Crippen molar-refractivity contribution in [2.45, 2.75) is 31.6 Å². The lowest BCUT2D eigenvalue weighted by molar-refractivity contribution is 0.489. The minimum atomic E-state index is -0.231. The van der Waals surface area contributed by atoms with Crippen LogP contribution in [0.3, 0.4) is 0 Å². The topological polar surface area (TPSA) is 33.6 Å². The molecule has 1 unspecified atom stereocenters. The van der Waals surface area contributed by atoms with Crippen LogP contribution in [0.15, 0.2) is 58.7 Å². The van der Waals surface area contributed by atoms with E-state index < -0.39 is 0 Å². The zero-order valence-electron chi connectivity index (χ0n) is 16.0. The van der Waals surface area contributed by atoms with Gasteiger partial charge in [0.15, 0.2) is 0 Å². The normalized spacial score (nSPS) is 20.2. The summed E-state index contributed by atoms with van der Waals surface area (Å²) in [6, 6.07) is 13.0. The molecule has 144 valence electrons. The molecule has 0 radical (unpaired) electrons. The molecule has 29 heavy (non-hydrogen) atoms. The monoisotopic (exact) mass is 447 g/mol. The van der Waals surface area contributed by atoms with Crippen LogP contribution in [0.1, 0.15) is 35.9 Å². The molecule has 6 rings (SSSR count). The summed E-state index contributed by atoms with van der Waals surface area (Å²) in [6.07, 6.45) is 7.25. The van der Waals surface area contributed by atoms with Crippen LogP contribution < -0.4 is 0 Å². The van der Waals surface area contributed by atoms with Gasteiger partial charge in [0, 0.05) is 26.5 Å². The van der Waals surface area contributed by atoms with Crippen LogP contribution in [-0.2, 0) is 18.3 Å². The van der Waals surface area contributed by atoms with Gasteiger partial charge in [-0.3, -0.25) is 0 Å². The first kappa shape index (κ1) is 17.2. The van der Waals surface area contributed by atoms with Crippen molar-refractivity contribution in [2.24, 2.45) is 0 Å². The molecule has 2 aliphatic carbocycles. The van der Waals surface area contributed by atoms with Crippen molar-refractivity contribution in [1.29, 1.82) is 0 Å². The number of fused-ring (bicyclic) bond motifs is 6. The van der Waals surface area contributed by atoms with Crippen LogP contribution >= 0.6 is 15.9 Å². The highest BCUT2D eigenvalue weighted by Gasteiger charge is 2.42. The molecule has 3 nitrogen and oxygen atoms in total. The van der Waals surface area contributed by atoms with Crippen LogP contribution in [0.4, 0.5) is 4.39 Å². The average molecular weight is 448 g/mol. The van der Waals surface area contributed by atoms with Crippen LogP contribution in [0.25, 0.3) is 22.7 Å². The van der Waals surface area contributed by atoms with E-state index in [1.54, 1.807) is 12.1 Å². The molecule has 2 aromatic carbocycles. The summed E-state index contributed by atoms with van der Waals surface area (Å²) in [4.78, 5) is 3.73. The average Bonchev–Trinajstić information content (AvgIpc) is 3.28. The van der Waals surface area contributed by atoms with Crippen molar-refractivity contribution in [3.8, 4) is 5.69 Å². The van der Waals surface area contributed by atoms with E-state index >= 15 is 0 Å². The van der Waals surface area contributed by atoms with Crippen molar-refractivity contribution in [3.63, 3.8) is 0 Å². The second kappa shape index (κ2) is 5.92. The summed E-state index contributed by atoms with van der Waals surface area (Å²) in [5.74, 6) is -0.231.